The van der Waals surface area contributed by atoms with Gasteiger partial charge in [0, 0.05) is 77.8 Å². The Kier molecular flexibility index (Phi) is 8.66. The molecule has 0 amide bonds. The van der Waals surface area contributed by atoms with Gasteiger partial charge in [-0.05, 0) is 101 Å². The third kappa shape index (κ3) is 5.56. The maximum Gasteiger partial charge on any atom is 0.264 e. The van der Waals surface area contributed by atoms with Gasteiger partial charge in [-0.3, -0.25) is 9.67 Å². The molecule has 0 bridgehead atoms. The zero-order valence-electron chi connectivity index (χ0n) is 26.9. The number of halogens is 2. The lowest BCUT2D eigenvalue weighted by molar-refractivity contribution is 0.0654. The van der Waals surface area contributed by atoms with Gasteiger partial charge in [-0.1, -0.05) is 20.3 Å². The molecular weight excluding hydrogens is 570 g/mol. The first-order chi connectivity index (χ1) is 22.0. The Morgan fingerprint density at radius 3 is 2.53 bits per heavy atom. The molecule has 2 saturated heterocycles. The van der Waals surface area contributed by atoms with Crippen LogP contribution in [-0.4, -0.2) is 64.1 Å². The van der Waals surface area contributed by atoms with E-state index in [1.165, 1.54) is 11.3 Å². The standard InChI is InChI=1S/C36H46F2N6O/c1-4-7-33-27(5-2)36(40-44(33)26-12-18-45-19-13-26)42-15-6-8-24-20-28(29(35(37)38)21-34(24)42)31-23-43(25-10-16-41(3)17-11-25)32-9-14-39-22-30(31)32/h9,14,20-23,25-26,35H,4-8,10-13,15-19H2,1-3H3. The van der Waals surface area contributed by atoms with Gasteiger partial charge >= 0.3 is 0 Å². The van der Waals surface area contributed by atoms with Gasteiger partial charge in [-0.2, -0.15) is 5.10 Å². The van der Waals surface area contributed by atoms with Crippen LogP contribution < -0.4 is 4.90 Å². The normalized spacial score (nSPS) is 18.8. The summed E-state index contributed by atoms with van der Waals surface area (Å²) >= 11 is 0. The van der Waals surface area contributed by atoms with Crippen molar-refractivity contribution >= 4 is 22.4 Å². The van der Waals surface area contributed by atoms with Crippen molar-refractivity contribution in [3.63, 3.8) is 0 Å². The number of hydrogen-bond donors (Lipinski definition) is 0. The Bertz CT molecular complexity index is 1650. The second-order valence-electron chi connectivity index (χ2n) is 13.1. The molecule has 240 valence electrons. The molecule has 0 unspecified atom stereocenters. The van der Waals surface area contributed by atoms with E-state index in [-0.39, 0.29) is 5.56 Å². The van der Waals surface area contributed by atoms with Crippen LogP contribution in [0.5, 0.6) is 0 Å². The minimum Gasteiger partial charge on any atom is -0.381 e. The van der Waals surface area contributed by atoms with Crippen LogP contribution in [0.3, 0.4) is 0 Å². The maximum atomic E-state index is 15.1. The van der Waals surface area contributed by atoms with E-state index < -0.39 is 6.43 Å². The molecule has 2 fully saturated rings. The number of hydrogen-bond acceptors (Lipinski definition) is 5. The van der Waals surface area contributed by atoms with E-state index >= 15 is 8.78 Å². The van der Waals surface area contributed by atoms with Gasteiger partial charge in [0.05, 0.1) is 11.6 Å². The van der Waals surface area contributed by atoms with E-state index in [4.69, 9.17) is 9.84 Å². The zero-order valence-corrected chi connectivity index (χ0v) is 26.9. The summed E-state index contributed by atoms with van der Waals surface area (Å²) < 4.78 is 40.5. The highest BCUT2D eigenvalue weighted by molar-refractivity contribution is 5.97. The number of pyridine rings is 1. The zero-order chi connectivity index (χ0) is 31.1. The fraction of sp³-hybridized carbons (Fsp3) is 0.556. The molecule has 0 radical (unpaired) electrons. The molecule has 3 aliphatic rings. The van der Waals surface area contributed by atoms with Gasteiger partial charge in [-0.25, -0.2) is 8.78 Å². The number of aryl methyl sites for hydroxylation is 1. The SMILES string of the molecule is CCCc1c(CC)c(N2CCCc3cc(-c4cn(C5CCN(C)CC5)c5ccncc45)c(C(F)F)cc32)nn1C1CCOCC1. The molecule has 45 heavy (non-hydrogen) atoms. The lowest BCUT2D eigenvalue weighted by Crippen LogP contribution is -2.31. The van der Waals surface area contributed by atoms with Crippen molar-refractivity contribution in [1.29, 1.82) is 0 Å². The maximum absolute atomic E-state index is 15.1. The van der Waals surface area contributed by atoms with Crippen LogP contribution >= 0.6 is 0 Å². The lowest BCUT2D eigenvalue weighted by Gasteiger charge is -2.32. The number of aromatic nitrogens is 4. The molecule has 6 heterocycles. The fourth-order valence-electron chi connectivity index (χ4n) is 7.97. The molecular formula is C36H46F2N6O. The molecule has 9 heteroatoms. The third-order valence-corrected chi connectivity index (χ3v) is 10.3. The molecule has 0 saturated carbocycles. The van der Waals surface area contributed by atoms with Crippen LogP contribution in [0, 0.1) is 0 Å². The predicted molar refractivity (Wildman–Crippen MR) is 176 cm³/mol. The molecule has 0 spiro atoms. The number of fused-ring (bicyclic) bond motifs is 2. The van der Waals surface area contributed by atoms with Gasteiger partial charge in [0.25, 0.3) is 6.43 Å². The summed E-state index contributed by atoms with van der Waals surface area (Å²) in [6.07, 6.45) is 11.9. The number of ether oxygens (including phenoxy) is 1. The highest BCUT2D eigenvalue weighted by atomic mass is 19.3. The van der Waals surface area contributed by atoms with Gasteiger partial charge in [0.15, 0.2) is 5.82 Å². The smallest absolute Gasteiger partial charge is 0.264 e. The summed E-state index contributed by atoms with van der Waals surface area (Å²) in [6, 6.07) is 6.53. The van der Waals surface area contributed by atoms with Crippen molar-refractivity contribution < 1.29 is 13.5 Å². The highest BCUT2D eigenvalue weighted by Gasteiger charge is 2.31. The van der Waals surface area contributed by atoms with Crippen LogP contribution in [0.25, 0.3) is 22.0 Å². The number of rotatable bonds is 8. The summed E-state index contributed by atoms with van der Waals surface area (Å²) in [6.45, 7) is 8.76. The largest absolute Gasteiger partial charge is 0.381 e. The number of piperidine rings is 1. The van der Waals surface area contributed by atoms with Crippen molar-refractivity contribution in [3.8, 4) is 11.1 Å². The summed E-state index contributed by atoms with van der Waals surface area (Å²) in [4.78, 5) is 9.03. The van der Waals surface area contributed by atoms with Crippen molar-refractivity contribution in [1.82, 2.24) is 24.2 Å². The van der Waals surface area contributed by atoms with Gasteiger partial charge in [0.2, 0.25) is 0 Å². The minimum atomic E-state index is -2.60. The molecule has 0 aliphatic carbocycles. The molecule has 0 atom stereocenters. The minimum absolute atomic E-state index is 0.0858. The van der Waals surface area contributed by atoms with E-state index in [1.807, 2.05) is 18.5 Å². The summed E-state index contributed by atoms with van der Waals surface area (Å²) in [5, 5.41) is 6.23. The van der Waals surface area contributed by atoms with E-state index in [0.29, 0.717) is 17.6 Å². The monoisotopic (exact) mass is 616 g/mol. The quantitative estimate of drug-likeness (QED) is 0.201. The number of nitrogens with zero attached hydrogens (tertiary/aromatic N) is 6. The predicted octanol–water partition coefficient (Wildman–Crippen LogP) is 8.05. The fourth-order valence-corrected chi connectivity index (χ4v) is 7.97. The Labute approximate surface area is 265 Å². The number of anilines is 2. The average molecular weight is 617 g/mol. The molecule has 3 aromatic heterocycles. The van der Waals surface area contributed by atoms with E-state index in [2.05, 4.69) is 57.2 Å². The van der Waals surface area contributed by atoms with Crippen molar-refractivity contribution in [3.05, 3.63) is 59.2 Å². The topological polar surface area (TPSA) is 51.3 Å². The summed E-state index contributed by atoms with van der Waals surface area (Å²) in [7, 11) is 2.16. The van der Waals surface area contributed by atoms with Crippen molar-refractivity contribution in [2.45, 2.75) is 90.1 Å². The summed E-state index contributed by atoms with van der Waals surface area (Å²) in [5.74, 6) is 0.949. The van der Waals surface area contributed by atoms with Crippen LogP contribution in [0.1, 0.15) is 93.3 Å². The Hall–Kier alpha value is -3.30. The molecule has 0 N–H and O–H groups in total. The van der Waals surface area contributed by atoms with E-state index in [0.717, 1.165) is 124 Å². The molecule has 4 aromatic rings. The highest BCUT2D eigenvalue weighted by Crippen LogP contribution is 2.45. The number of benzene rings is 1. The second kappa shape index (κ2) is 12.8. The van der Waals surface area contributed by atoms with Crippen LogP contribution in [0.15, 0.2) is 36.8 Å². The Morgan fingerprint density at radius 2 is 1.80 bits per heavy atom. The molecule has 3 aliphatic heterocycles. The van der Waals surface area contributed by atoms with Crippen LogP contribution in [0.2, 0.25) is 0 Å². The van der Waals surface area contributed by atoms with E-state index in [9.17, 15) is 0 Å². The first-order valence-corrected chi connectivity index (χ1v) is 17.0. The Morgan fingerprint density at radius 1 is 1.00 bits per heavy atom. The Balaban J connectivity index is 1.34. The molecule has 1 aromatic carbocycles. The first-order valence-electron chi connectivity index (χ1n) is 17.0. The third-order valence-electron chi connectivity index (χ3n) is 10.3. The van der Waals surface area contributed by atoms with Gasteiger partial charge < -0.3 is 19.1 Å². The first kappa shape index (κ1) is 30.4. The number of alkyl halides is 2. The second-order valence-corrected chi connectivity index (χ2v) is 13.1. The summed E-state index contributed by atoms with van der Waals surface area (Å²) in [5.41, 5.74) is 7.20. The van der Waals surface area contributed by atoms with Crippen LogP contribution in [0.4, 0.5) is 20.3 Å². The molecule has 7 nitrogen and oxygen atoms in total. The van der Waals surface area contributed by atoms with Crippen molar-refractivity contribution in [2.75, 3.05) is 44.8 Å². The van der Waals surface area contributed by atoms with Crippen molar-refractivity contribution in [2.24, 2.45) is 0 Å². The van der Waals surface area contributed by atoms with Gasteiger partial charge in [0.1, 0.15) is 0 Å². The number of likely N-dealkylation sites (tertiary alicyclic amines) is 1. The molecule has 7 rings (SSSR count). The average Bonchev–Trinajstić information content (AvgIpc) is 3.63. The lowest BCUT2D eigenvalue weighted by atomic mass is 9.91. The van der Waals surface area contributed by atoms with Crippen LogP contribution in [-0.2, 0) is 24.0 Å². The van der Waals surface area contributed by atoms with E-state index in [1.54, 1.807) is 6.07 Å². The van der Waals surface area contributed by atoms with Gasteiger partial charge in [-0.15, -0.1) is 0 Å².